The Bertz CT molecular complexity index is 704. The number of Topliss-reactive ketones (excluding diaryl/α,β-unsaturated/α-hetero) is 1. The molecular formula is C23H28O3. The highest BCUT2D eigenvalue weighted by molar-refractivity contribution is 5.94. The number of rotatable bonds is 9. The van der Waals surface area contributed by atoms with Gasteiger partial charge in [-0.05, 0) is 48.3 Å². The molecule has 2 unspecified atom stereocenters. The van der Waals surface area contributed by atoms with E-state index in [0.29, 0.717) is 11.8 Å². The second kappa shape index (κ2) is 9.91. The molecule has 0 bridgehead atoms. The molecule has 2 atom stereocenters. The number of benzene rings is 2. The van der Waals surface area contributed by atoms with Gasteiger partial charge in [0.05, 0.1) is 0 Å². The average Bonchev–Trinajstić information content (AvgIpc) is 2.65. The molecule has 0 fully saturated rings. The van der Waals surface area contributed by atoms with Crippen LogP contribution in [0.25, 0.3) is 0 Å². The van der Waals surface area contributed by atoms with Crippen molar-refractivity contribution in [2.45, 2.75) is 58.5 Å². The SMILES string of the molecule is CCC(CC(C)c1ccc(COC(=O)CC(C)=O)cc1)c1ccccc1. The predicted octanol–water partition coefficient (Wildman–Crippen LogP) is 5.40. The van der Waals surface area contributed by atoms with Crippen LogP contribution >= 0.6 is 0 Å². The number of carbonyl (C=O) groups is 2. The zero-order valence-corrected chi connectivity index (χ0v) is 15.9. The van der Waals surface area contributed by atoms with Crippen LogP contribution in [0.3, 0.4) is 0 Å². The first-order chi connectivity index (χ1) is 12.5. The first-order valence-corrected chi connectivity index (χ1v) is 9.28. The summed E-state index contributed by atoms with van der Waals surface area (Å²) in [5, 5.41) is 0. The van der Waals surface area contributed by atoms with Crippen molar-refractivity contribution in [2.24, 2.45) is 0 Å². The van der Waals surface area contributed by atoms with Crippen molar-refractivity contribution in [3.8, 4) is 0 Å². The molecule has 2 rings (SSSR count). The summed E-state index contributed by atoms with van der Waals surface area (Å²) in [6, 6.07) is 18.9. The van der Waals surface area contributed by atoms with Crippen LogP contribution in [0.15, 0.2) is 54.6 Å². The summed E-state index contributed by atoms with van der Waals surface area (Å²) in [6.45, 7) is 6.09. The topological polar surface area (TPSA) is 43.4 Å². The van der Waals surface area contributed by atoms with E-state index in [1.807, 2.05) is 12.1 Å². The van der Waals surface area contributed by atoms with Crippen molar-refractivity contribution in [2.75, 3.05) is 0 Å². The molecule has 0 aliphatic heterocycles. The van der Waals surface area contributed by atoms with Gasteiger partial charge in [0.2, 0.25) is 0 Å². The summed E-state index contributed by atoms with van der Waals surface area (Å²) in [5.41, 5.74) is 3.63. The fourth-order valence-electron chi connectivity index (χ4n) is 3.19. The molecule has 2 aromatic carbocycles. The van der Waals surface area contributed by atoms with Gasteiger partial charge in [0.25, 0.3) is 0 Å². The fraction of sp³-hybridized carbons (Fsp3) is 0.391. The van der Waals surface area contributed by atoms with Gasteiger partial charge in [0.15, 0.2) is 0 Å². The first-order valence-electron chi connectivity index (χ1n) is 9.28. The second-order valence-corrected chi connectivity index (χ2v) is 6.93. The number of ketones is 1. The number of carbonyl (C=O) groups excluding carboxylic acids is 2. The lowest BCUT2D eigenvalue weighted by atomic mass is 9.84. The van der Waals surface area contributed by atoms with Gasteiger partial charge in [0, 0.05) is 0 Å². The van der Waals surface area contributed by atoms with Crippen LogP contribution in [0.5, 0.6) is 0 Å². The summed E-state index contributed by atoms with van der Waals surface area (Å²) >= 11 is 0. The van der Waals surface area contributed by atoms with Gasteiger partial charge >= 0.3 is 5.97 Å². The van der Waals surface area contributed by atoms with Crippen LogP contribution in [-0.2, 0) is 20.9 Å². The standard InChI is InChI=1S/C23H28O3/c1-4-20(22-8-6-5-7-9-22)14-17(2)21-12-10-19(11-13-21)16-26-23(25)15-18(3)24/h5-13,17,20H,4,14-16H2,1-3H3. The molecule has 3 heteroatoms. The maximum atomic E-state index is 11.4. The third-order valence-corrected chi connectivity index (χ3v) is 4.74. The Morgan fingerprint density at radius 1 is 0.962 bits per heavy atom. The van der Waals surface area contributed by atoms with Crippen LogP contribution in [0.2, 0.25) is 0 Å². The summed E-state index contributed by atoms with van der Waals surface area (Å²) in [4.78, 5) is 22.3. The van der Waals surface area contributed by atoms with Crippen LogP contribution in [0, 0.1) is 0 Å². The Labute approximate surface area is 156 Å². The van der Waals surface area contributed by atoms with E-state index in [1.165, 1.54) is 18.1 Å². The summed E-state index contributed by atoms with van der Waals surface area (Å²) < 4.78 is 5.12. The summed E-state index contributed by atoms with van der Waals surface area (Å²) in [5.74, 6) is 0.361. The molecular weight excluding hydrogens is 324 g/mol. The third kappa shape index (κ3) is 6.14. The first kappa shape index (κ1) is 19.9. The molecule has 0 radical (unpaired) electrons. The van der Waals surface area contributed by atoms with E-state index in [-0.39, 0.29) is 18.8 Å². The molecule has 138 valence electrons. The molecule has 0 aliphatic carbocycles. The number of hydrogen-bond donors (Lipinski definition) is 0. The molecule has 0 saturated heterocycles. The van der Waals surface area contributed by atoms with Gasteiger partial charge < -0.3 is 4.74 Å². The zero-order chi connectivity index (χ0) is 18.9. The highest BCUT2D eigenvalue weighted by Crippen LogP contribution is 2.31. The van der Waals surface area contributed by atoms with E-state index < -0.39 is 5.97 Å². The van der Waals surface area contributed by atoms with Crippen LogP contribution in [-0.4, -0.2) is 11.8 Å². The Balaban J connectivity index is 1.92. The predicted molar refractivity (Wildman–Crippen MR) is 104 cm³/mol. The van der Waals surface area contributed by atoms with Crippen molar-refractivity contribution in [1.29, 1.82) is 0 Å². The average molecular weight is 352 g/mol. The van der Waals surface area contributed by atoms with Crippen molar-refractivity contribution >= 4 is 11.8 Å². The smallest absolute Gasteiger partial charge is 0.313 e. The third-order valence-electron chi connectivity index (χ3n) is 4.74. The second-order valence-electron chi connectivity index (χ2n) is 6.93. The van der Waals surface area contributed by atoms with Crippen LogP contribution < -0.4 is 0 Å². The molecule has 0 spiro atoms. The van der Waals surface area contributed by atoms with E-state index in [9.17, 15) is 9.59 Å². The van der Waals surface area contributed by atoms with Crippen molar-refractivity contribution in [3.05, 3.63) is 71.3 Å². The highest BCUT2D eigenvalue weighted by Gasteiger charge is 2.15. The molecule has 0 N–H and O–H groups in total. The normalized spacial score (nSPS) is 13.0. The van der Waals surface area contributed by atoms with Crippen LogP contribution in [0.1, 0.15) is 68.6 Å². The lowest BCUT2D eigenvalue weighted by Crippen LogP contribution is -2.09. The lowest BCUT2D eigenvalue weighted by molar-refractivity contribution is -0.146. The van der Waals surface area contributed by atoms with E-state index in [4.69, 9.17) is 4.74 Å². The number of hydrogen-bond acceptors (Lipinski definition) is 3. The number of esters is 1. The monoisotopic (exact) mass is 352 g/mol. The highest BCUT2D eigenvalue weighted by atomic mass is 16.5. The van der Waals surface area contributed by atoms with Crippen LogP contribution in [0.4, 0.5) is 0 Å². The molecule has 0 saturated carbocycles. The molecule has 26 heavy (non-hydrogen) atoms. The minimum Gasteiger partial charge on any atom is -0.460 e. The maximum absolute atomic E-state index is 11.4. The Morgan fingerprint density at radius 2 is 1.62 bits per heavy atom. The summed E-state index contributed by atoms with van der Waals surface area (Å²) in [6.07, 6.45) is 2.07. The van der Waals surface area contributed by atoms with Gasteiger partial charge in [0.1, 0.15) is 18.8 Å². The lowest BCUT2D eigenvalue weighted by Gasteiger charge is -2.21. The Hall–Kier alpha value is -2.42. The van der Waals surface area contributed by atoms with Crippen molar-refractivity contribution in [3.63, 3.8) is 0 Å². The number of ether oxygens (including phenoxy) is 1. The van der Waals surface area contributed by atoms with Gasteiger partial charge in [-0.3, -0.25) is 9.59 Å². The van der Waals surface area contributed by atoms with E-state index in [2.05, 4.69) is 56.3 Å². The fourth-order valence-corrected chi connectivity index (χ4v) is 3.19. The van der Waals surface area contributed by atoms with E-state index in [0.717, 1.165) is 18.4 Å². The zero-order valence-electron chi connectivity index (χ0n) is 15.9. The minimum absolute atomic E-state index is 0.160. The van der Waals surface area contributed by atoms with E-state index in [1.54, 1.807) is 0 Å². The minimum atomic E-state index is -0.469. The quantitative estimate of drug-likeness (QED) is 0.448. The van der Waals surface area contributed by atoms with Crippen molar-refractivity contribution in [1.82, 2.24) is 0 Å². The molecule has 0 aliphatic rings. The summed E-state index contributed by atoms with van der Waals surface area (Å²) in [7, 11) is 0. The largest absolute Gasteiger partial charge is 0.460 e. The van der Waals surface area contributed by atoms with E-state index >= 15 is 0 Å². The molecule has 0 aromatic heterocycles. The molecule has 0 amide bonds. The molecule has 0 heterocycles. The Kier molecular flexibility index (Phi) is 7.58. The van der Waals surface area contributed by atoms with Gasteiger partial charge in [-0.15, -0.1) is 0 Å². The molecule has 2 aromatic rings. The maximum Gasteiger partial charge on any atom is 0.313 e. The van der Waals surface area contributed by atoms with Crippen molar-refractivity contribution < 1.29 is 14.3 Å². The Morgan fingerprint density at radius 3 is 2.19 bits per heavy atom. The molecule has 3 nitrogen and oxygen atoms in total. The van der Waals surface area contributed by atoms with Gasteiger partial charge in [-0.25, -0.2) is 0 Å². The van der Waals surface area contributed by atoms with Gasteiger partial charge in [-0.2, -0.15) is 0 Å². The van der Waals surface area contributed by atoms with Gasteiger partial charge in [-0.1, -0.05) is 68.4 Å².